The molecule has 0 saturated heterocycles. The lowest BCUT2D eigenvalue weighted by Gasteiger charge is -2.16. The quantitative estimate of drug-likeness (QED) is 0.879. The molecule has 92 valence electrons. The highest BCUT2D eigenvalue weighted by atomic mass is 16.3. The molecule has 2 rings (SSSR count). The normalized spacial score (nSPS) is 13.5. The largest absolute Gasteiger partial charge is 0.396 e. The lowest BCUT2D eigenvalue weighted by atomic mass is 9.91. The third-order valence-electron chi connectivity index (χ3n) is 3.47. The maximum Gasteiger partial charge on any atom is 0.0707 e. The van der Waals surface area contributed by atoms with E-state index in [0.717, 1.165) is 17.6 Å². The van der Waals surface area contributed by atoms with Crippen LogP contribution < -0.4 is 0 Å². The number of rotatable bonds is 4. The van der Waals surface area contributed by atoms with Gasteiger partial charge < -0.3 is 5.11 Å². The van der Waals surface area contributed by atoms with E-state index in [0.29, 0.717) is 5.92 Å². The summed E-state index contributed by atoms with van der Waals surface area (Å²) in [6.07, 6.45) is 0.843. The Labute approximate surface area is 102 Å². The van der Waals surface area contributed by atoms with Crippen LogP contribution in [0.4, 0.5) is 0 Å². The number of nitrogens with zero attached hydrogens (tertiary/aromatic N) is 2. The second-order valence-corrected chi connectivity index (χ2v) is 4.98. The van der Waals surface area contributed by atoms with E-state index >= 15 is 0 Å². The second kappa shape index (κ2) is 4.88. The number of hydrogen-bond donors (Lipinski definition) is 1. The van der Waals surface area contributed by atoms with Gasteiger partial charge in [-0.1, -0.05) is 32.0 Å². The number of para-hydroxylation sites is 1. The van der Waals surface area contributed by atoms with Gasteiger partial charge >= 0.3 is 0 Å². The Kier molecular flexibility index (Phi) is 3.48. The fraction of sp³-hybridized carbons (Fsp3) is 0.500. The van der Waals surface area contributed by atoms with Gasteiger partial charge in [-0.3, -0.25) is 4.68 Å². The lowest BCUT2D eigenvalue weighted by Crippen LogP contribution is -2.16. The molecule has 0 aliphatic rings. The van der Waals surface area contributed by atoms with E-state index in [2.05, 4.69) is 31.1 Å². The highest BCUT2D eigenvalue weighted by Crippen LogP contribution is 2.22. The van der Waals surface area contributed by atoms with Crippen LogP contribution in [0.3, 0.4) is 0 Å². The van der Waals surface area contributed by atoms with Crippen molar-refractivity contribution in [1.82, 2.24) is 9.78 Å². The summed E-state index contributed by atoms with van der Waals surface area (Å²) < 4.78 is 1.92. The molecule has 3 nitrogen and oxygen atoms in total. The van der Waals surface area contributed by atoms with Crippen molar-refractivity contribution in [2.75, 3.05) is 6.61 Å². The van der Waals surface area contributed by atoms with Crippen LogP contribution in [-0.4, -0.2) is 21.5 Å². The molecule has 1 aromatic carbocycles. The van der Waals surface area contributed by atoms with Gasteiger partial charge in [-0.25, -0.2) is 0 Å². The molecule has 0 aliphatic carbocycles. The third kappa shape index (κ3) is 2.34. The first-order valence-corrected chi connectivity index (χ1v) is 6.15. The van der Waals surface area contributed by atoms with Gasteiger partial charge in [0.25, 0.3) is 0 Å². The van der Waals surface area contributed by atoms with Gasteiger partial charge in [0.2, 0.25) is 0 Å². The summed E-state index contributed by atoms with van der Waals surface area (Å²) in [5, 5.41) is 15.2. The minimum absolute atomic E-state index is 0.225. The summed E-state index contributed by atoms with van der Waals surface area (Å²) in [7, 11) is 1.97. The van der Waals surface area contributed by atoms with Crippen molar-refractivity contribution in [3.63, 3.8) is 0 Å². The zero-order chi connectivity index (χ0) is 12.4. The molecule has 0 radical (unpaired) electrons. The summed E-state index contributed by atoms with van der Waals surface area (Å²) in [4.78, 5) is 0. The maximum atomic E-state index is 9.40. The number of aryl methyl sites for hydroxylation is 1. The zero-order valence-electron chi connectivity index (χ0n) is 10.7. The van der Waals surface area contributed by atoms with Crippen LogP contribution in [0.2, 0.25) is 0 Å². The topological polar surface area (TPSA) is 38.1 Å². The first-order chi connectivity index (χ1) is 8.13. The van der Waals surface area contributed by atoms with E-state index in [-0.39, 0.29) is 12.5 Å². The molecule has 17 heavy (non-hydrogen) atoms. The molecular weight excluding hydrogens is 212 g/mol. The van der Waals surface area contributed by atoms with E-state index in [1.165, 1.54) is 5.39 Å². The van der Waals surface area contributed by atoms with Crippen molar-refractivity contribution in [2.45, 2.75) is 20.3 Å². The van der Waals surface area contributed by atoms with Crippen LogP contribution in [0.1, 0.15) is 19.5 Å². The standard InChI is InChI=1S/C14H20N2O/c1-10(2)11(9-17)8-13-12-6-4-5-7-14(12)16(3)15-13/h4-7,10-11,17H,8-9H2,1-3H3. The van der Waals surface area contributed by atoms with Crippen molar-refractivity contribution >= 4 is 10.9 Å². The van der Waals surface area contributed by atoms with E-state index < -0.39 is 0 Å². The highest BCUT2D eigenvalue weighted by Gasteiger charge is 2.17. The summed E-state index contributed by atoms with van der Waals surface area (Å²) in [5.41, 5.74) is 2.25. The summed E-state index contributed by atoms with van der Waals surface area (Å²) in [5.74, 6) is 0.758. The van der Waals surface area contributed by atoms with Crippen molar-refractivity contribution in [1.29, 1.82) is 0 Å². The highest BCUT2D eigenvalue weighted by molar-refractivity contribution is 5.81. The maximum absolute atomic E-state index is 9.40. The average Bonchev–Trinajstić information content (AvgIpc) is 2.63. The molecule has 1 N–H and O–H groups in total. The molecule has 0 spiro atoms. The van der Waals surface area contributed by atoms with E-state index in [1.807, 2.05) is 23.9 Å². The molecule has 1 unspecified atom stereocenters. The van der Waals surface area contributed by atoms with Crippen LogP contribution in [0.25, 0.3) is 10.9 Å². The minimum Gasteiger partial charge on any atom is -0.396 e. The lowest BCUT2D eigenvalue weighted by molar-refractivity contribution is 0.188. The summed E-state index contributed by atoms with van der Waals surface area (Å²) in [6.45, 7) is 4.51. The molecule has 0 aliphatic heterocycles. The molecule has 1 aromatic heterocycles. The molecule has 0 bridgehead atoms. The van der Waals surface area contributed by atoms with Crippen LogP contribution >= 0.6 is 0 Å². The number of aliphatic hydroxyl groups is 1. The van der Waals surface area contributed by atoms with Gasteiger partial charge in [0.15, 0.2) is 0 Å². The van der Waals surface area contributed by atoms with Crippen LogP contribution in [0.15, 0.2) is 24.3 Å². The molecule has 0 saturated carbocycles. The fourth-order valence-electron chi connectivity index (χ4n) is 2.20. The van der Waals surface area contributed by atoms with Crippen molar-refractivity contribution in [3.8, 4) is 0 Å². The van der Waals surface area contributed by atoms with Gasteiger partial charge in [0, 0.05) is 19.0 Å². The van der Waals surface area contributed by atoms with E-state index in [4.69, 9.17) is 0 Å². The molecule has 3 heteroatoms. The Bertz CT molecular complexity index is 502. The van der Waals surface area contributed by atoms with Gasteiger partial charge in [0.1, 0.15) is 0 Å². The van der Waals surface area contributed by atoms with Crippen molar-refractivity contribution in [2.24, 2.45) is 18.9 Å². The molecule has 1 heterocycles. The minimum atomic E-state index is 0.225. The van der Waals surface area contributed by atoms with Gasteiger partial charge in [0.05, 0.1) is 11.2 Å². The SMILES string of the molecule is CC(C)C(CO)Cc1nn(C)c2ccccc12. The monoisotopic (exact) mass is 232 g/mol. The molecule has 0 amide bonds. The molecule has 1 atom stereocenters. The molecule has 0 fully saturated rings. The number of benzene rings is 1. The predicted octanol–water partition coefficient (Wildman–Crippen LogP) is 2.38. The van der Waals surface area contributed by atoms with Crippen molar-refractivity contribution < 1.29 is 5.11 Å². The van der Waals surface area contributed by atoms with Gasteiger partial charge in [-0.2, -0.15) is 5.10 Å². The van der Waals surface area contributed by atoms with Crippen LogP contribution in [0, 0.1) is 11.8 Å². The summed E-state index contributed by atoms with van der Waals surface area (Å²) >= 11 is 0. The Balaban J connectivity index is 2.36. The first-order valence-electron chi connectivity index (χ1n) is 6.15. The zero-order valence-corrected chi connectivity index (χ0v) is 10.7. The Morgan fingerprint density at radius 3 is 2.65 bits per heavy atom. The first kappa shape index (κ1) is 12.1. The molecular formula is C14H20N2O. The van der Waals surface area contributed by atoms with Crippen molar-refractivity contribution in [3.05, 3.63) is 30.0 Å². The van der Waals surface area contributed by atoms with E-state index in [1.54, 1.807) is 0 Å². The number of fused-ring (bicyclic) bond motifs is 1. The van der Waals surface area contributed by atoms with Gasteiger partial charge in [-0.15, -0.1) is 0 Å². The Morgan fingerprint density at radius 1 is 1.29 bits per heavy atom. The number of hydrogen-bond acceptors (Lipinski definition) is 2. The summed E-state index contributed by atoms with van der Waals surface area (Å²) in [6, 6.07) is 8.25. The molecule has 2 aromatic rings. The Morgan fingerprint density at radius 2 is 2.00 bits per heavy atom. The smallest absolute Gasteiger partial charge is 0.0707 e. The third-order valence-corrected chi connectivity index (χ3v) is 3.47. The van der Waals surface area contributed by atoms with Crippen LogP contribution in [0.5, 0.6) is 0 Å². The number of aliphatic hydroxyl groups excluding tert-OH is 1. The second-order valence-electron chi connectivity index (χ2n) is 4.98. The predicted molar refractivity (Wildman–Crippen MR) is 69.8 cm³/mol. The fourth-order valence-corrected chi connectivity index (χ4v) is 2.20. The Hall–Kier alpha value is -1.35. The average molecular weight is 232 g/mol. The van der Waals surface area contributed by atoms with Crippen LogP contribution in [-0.2, 0) is 13.5 Å². The number of aromatic nitrogens is 2. The van der Waals surface area contributed by atoms with E-state index in [9.17, 15) is 5.11 Å². The van der Waals surface area contributed by atoms with Gasteiger partial charge in [-0.05, 0) is 24.3 Å².